The molecule has 0 amide bonds. The lowest BCUT2D eigenvalue weighted by molar-refractivity contribution is -0.119. The number of Topliss-reactive ketones (excluding diaryl/α,β-unsaturated/α-hetero) is 1. The molecule has 0 atom stereocenters. The summed E-state index contributed by atoms with van der Waals surface area (Å²) in [6.45, 7) is 9.39. The number of aromatic amines is 1. The first-order valence-corrected chi connectivity index (χ1v) is 9.24. The van der Waals surface area contributed by atoms with E-state index in [9.17, 15) is 9.59 Å². The van der Waals surface area contributed by atoms with Crippen LogP contribution >= 0.6 is 11.3 Å². The topological polar surface area (TPSA) is 68.4 Å². The lowest BCUT2D eigenvalue weighted by Crippen LogP contribution is -2.22. The maximum Gasteiger partial charge on any atom is 0.266 e. The zero-order valence-electron chi connectivity index (χ0n) is 16.0. The van der Waals surface area contributed by atoms with Crippen LogP contribution in [0, 0.1) is 5.41 Å². The Kier molecular flexibility index (Phi) is 6.08. The Balaban J connectivity index is 2.57. The summed E-state index contributed by atoms with van der Waals surface area (Å²) in [5.41, 5.74) is 0.0240. The molecule has 1 N–H and O–H groups in total. The van der Waals surface area contributed by atoms with Crippen LogP contribution in [0.3, 0.4) is 0 Å². The van der Waals surface area contributed by atoms with E-state index in [1.807, 2.05) is 52.8 Å². The van der Waals surface area contributed by atoms with E-state index in [1.165, 1.54) is 17.4 Å². The van der Waals surface area contributed by atoms with Gasteiger partial charge in [-0.15, -0.1) is 11.3 Å². The van der Waals surface area contributed by atoms with Crippen molar-refractivity contribution >= 4 is 29.3 Å². The normalized spacial score (nSPS) is 13.3. The van der Waals surface area contributed by atoms with Crippen LogP contribution in [0.15, 0.2) is 23.0 Å². The highest BCUT2D eigenvalue weighted by atomic mass is 32.1. The molecule has 0 spiro atoms. The lowest BCUT2D eigenvalue weighted by Gasteiger charge is -2.15. The van der Waals surface area contributed by atoms with Gasteiger partial charge in [-0.2, -0.15) is 0 Å². The Morgan fingerprint density at radius 3 is 2.54 bits per heavy atom. The predicted octanol–water partition coefficient (Wildman–Crippen LogP) is 2.46. The Morgan fingerprint density at radius 1 is 1.27 bits per heavy atom. The number of methoxy groups -OCH3 is 1. The van der Waals surface area contributed by atoms with E-state index in [-0.39, 0.29) is 17.4 Å². The van der Waals surface area contributed by atoms with Gasteiger partial charge in [-0.25, -0.2) is 0 Å². The summed E-state index contributed by atoms with van der Waals surface area (Å²) in [6.07, 6.45) is 3.21. The van der Waals surface area contributed by atoms with Crippen LogP contribution in [0.4, 0.5) is 0 Å². The van der Waals surface area contributed by atoms with Crippen molar-refractivity contribution in [3.05, 3.63) is 43.3 Å². The number of carbonyl (C=O) groups excluding carboxylic acids is 1. The summed E-state index contributed by atoms with van der Waals surface area (Å²) < 4.78 is 12.3. The average molecular weight is 375 g/mol. The van der Waals surface area contributed by atoms with Crippen molar-refractivity contribution in [2.24, 2.45) is 5.41 Å². The van der Waals surface area contributed by atoms with Crippen LogP contribution in [0.25, 0.3) is 12.2 Å². The maximum absolute atomic E-state index is 12.3. The Morgan fingerprint density at radius 2 is 1.96 bits per heavy atom. The average Bonchev–Trinajstić information content (AvgIpc) is 2.87. The van der Waals surface area contributed by atoms with Crippen molar-refractivity contribution < 1.29 is 14.3 Å². The molecule has 0 fully saturated rings. The molecule has 0 saturated carbocycles. The molecule has 2 rings (SSSR count). The number of aromatic nitrogens is 1. The van der Waals surface area contributed by atoms with E-state index in [0.717, 1.165) is 5.56 Å². The van der Waals surface area contributed by atoms with E-state index in [2.05, 4.69) is 4.98 Å². The predicted molar refractivity (Wildman–Crippen MR) is 105 cm³/mol. The first-order valence-electron chi connectivity index (χ1n) is 8.42. The molecule has 0 saturated heterocycles. The number of hydrogen-bond acceptors (Lipinski definition) is 5. The zero-order valence-corrected chi connectivity index (χ0v) is 16.8. The number of nitrogens with one attached hydrogen (secondary N) is 1. The maximum atomic E-state index is 12.3. The molecule has 2 aromatic rings. The van der Waals surface area contributed by atoms with Crippen LogP contribution in [0.1, 0.15) is 40.2 Å². The third kappa shape index (κ3) is 4.85. The third-order valence-electron chi connectivity index (χ3n) is 3.55. The van der Waals surface area contributed by atoms with Gasteiger partial charge in [0, 0.05) is 17.1 Å². The molecule has 0 aliphatic carbocycles. The van der Waals surface area contributed by atoms with Crippen molar-refractivity contribution in [2.75, 3.05) is 7.11 Å². The Hall–Kier alpha value is -2.34. The molecule has 1 aromatic carbocycles. The van der Waals surface area contributed by atoms with Crippen LogP contribution in [0.2, 0.25) is 0 Å². The molecule has 140 valence electrons. The van der Waals surface area contributed by atoms with Crippen LogP contribution in [-0.4, -0.2) is 24.0 Å². The van der Waals surface area contributed by atoms with Gasteiger partial charge in [-0.3, -0.25) is 9.59 Å². The number of H-pyrrole nitrogens is 1. The van der Waals surface area contributed by atoms with E-state index < -0.39 is 5.41 Å². The Labute approximate surface area is 157 Å². The first-order chi connectivity index (χ1) is 12.1. The number of hydrogen-bond donors (Lipinski definition) is 1. The number of thiazole rings is 1. The van der Waals surface area contributed by atoms with E-state index in [1.54, 1.807) is 13.2 Å². The summed E-state index contributed by atoms with van der Waals surface area (Å²) >= 11 is 1.24. The van der Waals surface area contributed by atoms with Crippen molar-refractivity contribution in [2.45, 2.75) is 40.7 Å². The fourth-order valence-electron chi connectivity index (χ4n) is 2.17. The van der Waals surface area contributed by atoms with E-state index >= 15 is 0 Å². The van der Waals surface area contributed by atoms with Crippen LogP contribution < -0.4 is 24.2 Å². The second-order valence-corrected chi connectivity index (χ2v) is 8.32. The lowest BCUT2D eigenvalue weighted by atomic mass is 9.91. The standard InChI is InChI=1S/C20H25NO4S/c1-12(2)25-18-13(8-7-9-14(18)24-6)10-15-19(23)21-17(26-15)11-16(22)20(3,4)5/h7-12H,1-6H3,(H,21,23). The third-order valence-corrected chi connectivity index (χ3v) is 4.51. The number of carbonyl (C=O) groups is 1. The SMILES string of the molecule is COc1cccc(C=c2sc(=CC(=O)C(C)(C)C)[nH]c2=O)c1OC(C)C. The number of para-hydroxylation sites is 1. The van der Waals surface area contributed by atoms with Crippen LogP contribution in [-0.2, 0) is 4.79 Å². The Bertz CT molecular complexity index is 961. The minimum atomic E-state index is -0.490. The molecule has 1 heterocycles. The van der Waals surface area contributed by atoms with Gasteiger partial charge in [0.1, 0.15) is 0 Å². The van der Waals surface area contributed by atoms with Gasteiger partial charge >= 0.3 is 0 Å². The number of ether oxygens (including phenoxy) is 2. The van der Waals surface area contributed by atoms with Crippen LogP contribution in [0.5, 0.6) is 11.5 Å². The summed E-state index contributed by atoms with van der Waals surface area (Å²) in [4.78, 5) is 27.2. The van der Waals surface area contributed by atoms with Gasteiger partial charge in [0.15, 0.2) is 17.3 Å². The summed E-state index contributed by atoms with van der Waals surface area (Å²) in [7, 11) is 1.58. The fourth-order valence-corrected chi connectivity index (χ4v) is 3.05. The minimum absolute atomic E-state index is 0.0339. The smallest absolute Gasteiger partial charge is 0.266 e. The molecule has 26 heavy (non-hydrogen) atoms. The van der Waals surface area contributed by atoms with E-state index in [0.29, 0.717) is 20.7 Å². The number of rotatable bonds is 5. The monoisotopic (exact) mass is 375 g/mol. The van der Waals surface area contributed by atoms with Gasteiger partial charge in [0.25, 0.3) is 5.56 Å². The van der Waals surface area contributed by atoms with Gasteiger partial charge in [-0.05, 0) is 26.0 Å². The number of benzene rings is 1. The molecule has 5 nitrogen and oxygen atoms in total. The summed E-state index contributed by atoms with van der Waals surface area (Å²) in [5.74, 6) is 1.16. The molecule has 0 bridgehead atoms. The quantitative estimate of drug-likeness (QED) is 0.872. The molecule has 0 aliphatic heterocycles. The van der Waals surface area contributed by atoms with Crippen molar-refractivity contribution in [3.8, 4) is 11.5 Å². The highest BCUT2D eigenvalue weighted by Gasteiger charge is 2.18. The molecule has 0 radical (unpaired) electrons. The fraction of sp³-hybridized carbons (Fsp3) is 0.400. The molecule has 0 aliphatic rings. The molecule has 0 unspecified atom stereocenters. The van der Waals surface area contributed by atoms with Gasteiger partial charge in [0.05, 0.1) is 22.4 Å². The second kappa shape index (κ2) is 7.91. The van der Waals surface area contributed by atoms with Crippen molar-refractivity contribution in [1.29, 1.82) is 0 Å². The summed E-state index contributed by atoms with van der Waals surface area (Å²) in [6, 6.07) is 5.52. The number of ketones is 1. The highest BCUT2D eigenvalue weighted by Crippen LogP contribution is 2.32. The largest absolute Gasteiger partial charge is 0.493 e. The van der Waals surface area contributed by atoms with Gasteiger partial charge in [-0.1, -0.05) is 32.9 Å². The molecular weight excluding hydrogens is 350 g/mol. The zero-order chi connectivity index (χ0) is 19.5. The van der Waals surface area contributed by atoms with E-state index in [4.69, 9.17) is 9.47 Å². The molecular formula is C20H25NO4S. The summed E-state index contributed by atoms with van der Waals surface area (Å²) in [5, 5.41) is 0. The van der Waals surface area contributed by atoms with Gasteiger partial charge in [0.2, 0.25) is 0 Å². The molecule has 1 aromatic heterocycles. The van der Waals surface area contributed by atoms with Gasteiger partial charge < -0.3 is 14.5 Å². The van der Waals surface area contributed by atoms with Crippen molar-refractivity contribution in [1.82, 2.24) is 4.98 Å². The van der Waals surface area contributed by atoms with Crippen molar-refractivity contribution in [3.63, 3.8) is 0 Å². The first kappa shape index (κ1) is 20.0. The minimum Gasteiger partial charge on any atom is -0.493 e. The highest BCUT2D eigenvalue weighted by molar-refractivity contribution is 7.07. The second-order valence-electron chi connectivity index (χ2n) is 7.23. The molecule has 6 heteroatoms.